The van der Waals surface area contributed by atoms with Crippen LogP contribution in [0.5, 0.6) is 11.5 Å². The molecule has 0 N–H and O–H groups in total. The van der Waals surface area contributed by atoms with Gasteiger partial charge in [-0.05, 0) is 47.5 Å². The minimum Gasteiger partial charge on any atom is -0.457 e. The molecule has 0 aliphatic carbocycles. The van der Waals surface area contributed by atoms with Crippen LogP contribution in [0.3, 0.4) is 0 Å². The quantitative estimate of drug-likeness (QED) is 0.479. The van der Waals surface area contributed by atoms with Gasteiger partial charge in [0.1, 0.15) is 22.8 Å². The number of ether oxygens (including phenoxy) is 1. The minimum absolute atomic E-state index is 0.0435. The van der Waals surface area contributed by atoms with E-state index in [1.807, 2.05) is 77.3 Å². The SMILES string of the molecule is CC(=O)N1CCN(C(=O)c2cn3cc(-c4ccc(Oc5ccccc5)cc4)ccc3n2)CC1. The Morgan fingerprint density at radius 3 is 2.09 bits per heavy atom. The summed E-state index contributed by atoms with van der Waals surface area (Å²) >= 11 is 0. The lowest BCUT2D eigenvalue weighted by Gasteiger charge is -2.33. The summed E-state index contributed by atoms with van der Waals surface area (Å²) in [5, 5.41) is 0. The average molecular weight is 441 g/mol. The van der Waals surface area contributed by atoms with Crippen molar-refractivity contribution in [3.63, 3.8) is 0 Å². The number of aromatic nitrogens is 2. The number of pyridine rings is 1. The largest absolute Gasteiger partial charge is 0.457 e. The van der Waals surface area contributed by atoms with Gasteiger partial charge >= 0.3 is 0 Å². The third-order valence-electron chi connectivity index (χ3n) is 5.85. The van der Waals surface area contributed by atoms with Gasteiger partial charge in [0.05, 0.1) is 0 Å². The first-order chi connectivity index (χ1) is 16.1. The van der Waals surface area contributed by atoms with E-state index >= 15 is 0 Å². The molecule has 2 amide bonds. The highest BCUT2D eigenvalue weighted by molar-refractivity contribution is 5.93. The number of benzene rings is 2. The van der Waals surface area contributed by atoms with Crippen molar-refractivity contribution in [2.45, 2.75) is 6.92 Å². The Morgan fingerprint density at radius 1 is 0.758 bits per heavy atom. The molecule has 0 atom stereocenters. The van der Waals surface area contributed by atoms with Gasteiger partial charge < -0.3 is 18.9 Å². The van der Waals surface area contributed by atoms with E-state index in [2.05, 4.69) is 4.98 Å². The van der Waals surface area contributed by atoms with Crippen LogP contribution in [-0.2, 0) is 4.79 Å². The van der Waals surface area contributed by atoms with Crippen molar-refractivity contribution in [3.05, 3.63) is 84.8 Å². The molecule has 7 heteroatoms. The number of hydrogen-bond donors (Lipinski definition) is 0. The molecule has 1 saturated heterocycles. The van der Waals surface area contributed by atoms with Crippen LogP contribution in [0.2, 0.25) is 0 Å². The summed E-state index contributed by atoms with van der Waals surface area (Å²) in [6, 6.07) is 21.5. The number of nitrogens with zero attached hydrogens (tertiary/aromatic N) is 4. The summed E-state index contributed by atoms with van der Waals surface area (Å²) < 4.78 is 7.75. The van der Waals surface area contributed by atoms with E-state index in [9.17, 15) is 9.59 Å². The van der Waals surface area contributed by atoms with E-state index in [1.54, 1.807) is 22.9 Å². The van der Waals surface area contributed by atoms with Crippen molar-refractivity contribution in [3.8, 4) is 22.6 Å². The molecule has 5 rings (SSSR count). The number of hydrogen-bond acceptors (Lipinski definition) is 4. The minimum atomic E-state index is -0.106. The maximum absolute atomic E-state index is 12.9. The maximum Gasteiger partial charge on any atom is 0.274 e. The highest BCUT2D eigenvalue weighted by atomic mass is 16.5. The Bertz CT molecular complexity index is 1290. The topological polar surface area (TPSA) is 67.2 Å². The van der Waals surface area contributed by atoms with E-state index in [1.165, 1.54) is 0 Å². The molecule has 0 unspecified atom stereocenters. The average Bonchev–Trinajstić information content (AvgIpc) is 3.28. The van der Waals surface area contributed by atoms with Crippen LogP contribution in [0.25, 0.3) is 16.8 Å². The second-order valence-electron chi connectivity index (χ2n) is 8.05. The Hall–Kier alpha value is -4.13. The van der Waals surface area contributed by atoms with Crippen molar-refractivity contribution in [2.24, 2.45) is 0 Å². The van der Waals surface area contributed by atoms with Gasteiger partial charge in [0, 0.05) is 45.5 Å². The summed E-state index contributed by atoms with van der Waals surface area (Å²) in [6.07, 6.45) is 3.74. The van der Waals surface area contributed by atoms with Gasteiger partial charge in [0.25, 0.3) is 5.91 Å². The van der Waals surface area contributed by atoms with E-state index < -0.39 is 0 Å². The molecular formula is C26H24N4O3. The van der Waals surface area contributed by atoms with Gasteiger partial charge in [0.15, 0.2) is 0 Å². The van der Waals surface area contributed by atoms with Crippen LogP contribution in [0.15, 0.2) is 79.1 Å². The summed E-state index contributed by atoms with van der Waals surface area (Å²) in [4.78, 5) is 32.5. The summed E-state index contributed by atoms with van der Waals surface area (Å²) in [5.41, 5.74) is 3.18. The predicted octanol–water partition coefficient (Wildman–Crippen LogP) is 4.10. The molecule has 166 valence electrons. The summed E-state index contributed by atoms with van der Waals surface area (Å²) in [7, 11) is 0. The molecule has 2 aromatic carbocycles. The lowest BCUT2D eigenvalue weighted by atomic mass is 10.1. The number of carbonyl (C=O) groups is 2. The monoisotopic (exact) mass is 440 g/mol. The van der Waals surface area contributed by atoms with Crippen molar-refractivity contribution < 1.29 is 14.3 Å². The van der Waals surface area contributed by atoms with Gasteiger partial charge in [-0.25, -0.2) is 4.98 Å². The number of piperazine rings is 1. The van der Waals surface area contributed by atoms with Gasteiger partial charge in [-0.2, -0.15) is 0 Å². The van der Waals surface area contributed by atoms with Crippen LogP contribution in [0, 0.1) is 0 Å². The van der Waals surface area contributed by atoms with Crippen molar-refractivity contribution >= 4 is 17.5 Å². The Labute approximate surface area is 191 Å². The third-order valence-corrected chi connectivity index (χ3v) is 5.85. The fourth-order valence-corrected chi connectivity index (χ4v) is 3.99. The van der Waals surface area contributed by atoms with Crippen LogP contribution >= 0.6 is 0 Å². The molecule has 0 bridgehead atoms. The van der Waals surface area contributed by atoms with Gasteiger partial charge in [-0.3, -0.25) is 9.59 Å². The predicted molar refractivity (Wildman–Crippen MR) is 125 cm³/mol. The summed E-state index contributed by atoms with van der Waals surface area (Å²) in [5.74, 6) is 1.50. The van der Waals surface area contributed by atoms with Crippen molar-refractivity contribution in [1.29, 1.82) is 0 Å². The molecule has 0 saturated carbocycles. The highest BCUT2D eigenvalue weighted by Gasteiger charge is 2.24. The zero-order valence-electron chi connectivity index (χ0n) is 18.3. The molecule has 3 heterocycles. The van der Waals surface area contributed by atoms with E-state index in [0.717, 1.165) is 22.6 Å². The first kappa shape index (κ1) is 20.8. The fraction of sp³-hybridized carbons (Fsp3) is 0.192. The van der Waals surface area contributed by atoms with Gasteiger partial charge in [-0.15, -0.1) is 0 Å². The highest BCUT2D eigenvalue weighted by Crippen LogP contribution is 2.26. The van der Waals surface area contributed by atoms with Crippen molar-refractivity contribution in [1.82, 2.24) is 19.2 Å². The molecule has 1 aliphatic rings. The molecule has 7 nitrogen and oxygen atoms in total. The molecule has 0 radical (unpaired) electrons. The van der Waals surface area contributed by atoms with Crippen LogP contribution < -0.4 is 4.74 Å². The lowest BCUT2D eigenvalue weighted by Crippen LogP contribution is -2.50. The molecule has 4 aromatic rings. The molecule has 1 aliphatic heterocycles. The molecular weight excluding hydrogens is 416 g/mol. The normalized spacial score (nSPS) is 13.8. The number of amides is 2. The number of carbonyl (C=O) groups excluding carboxylic acids is 2. The molecule has 0 spiro atoms. The Kier molecular flexibility index (Phi) is 5.52. The third kappa shape index (κ3) is 4.43. The first-order valence-corrected chi connectivity index (χ1v) is 10.9. The molecule has 1 fully saturated rings. The Balaban J connectivity index is 1.31. The van der Waals surface area contributed by atoms with E-state index in [0.29, 0.717) is 37.5 Å². The zero-order valence-corrected chi connectivity index (χ0v) is 18.3. The standard InChI is InChI=1S/C26H24N4O3/c1-19(31)28-13-15-29(16-14-28)26(32)24-18-30-17-21(9-12-25(30)27-24)20-7-10-23(11-8-20)33-22-5-3-2-4-6-22/h2-12,17-18H,13-16H2,1H3. The number of fused-ring (bicyclic) bond motifs is 1. The Morgan fingerprint density at radius 2 is 1.39 bits per heavy atom. The first-order valence-electron chi connectivity index (χ1n) is 10.9. The second kappa shape index (κ2) is 8.78. The van der Waals surface area contributed by atoms with Gasteiger partial charge in [-0.1, -0.05) is 30.3 Å². The fourth-order valence-electron chi connectivity index (χ4n) is 3.99. The van der Waals surface area contributed by atoms with Gasteiger partial charge in [0.2, 0.25) is 5.91 Å². The van der Waals surface area contributed by atoms with E-state index in [-0.39, 0.29) is 11.8 Å². The van der Waals surface area contributed by atoms with Crippen molar-refractivity contribution in [2.75, 3.05) is 26.2 Å². The molecule has 2 aromatic heterocycles. The lowest BCUT2D eigenvalue weighted by molar-refractivity contribution is -0.130. The molecule has 33 heavy (non-hydrogen) atoms. The van der Waals surface area contributed by atoms with E-state index in [4.69, 9.17) is 4.74 Å². The number of rotatable bonds is 4. The second-order valence-corrected chi connectivity index (χ2v) is 8.05. The van der Waals surface area contributed by atoms with Crippen LogP contribution in [-0.4, -0.2) is 57.2 Å². The number of imidazole rings is 1. The maximum atomic E-state index is 12.9. The van der Waals surface area contributed by atoms with Crippen LogP contribution in [0.1, 0.15) is 17.4 Å². The van der Waals surface area contributed by atoms with Crippen LogP contribution in [0.4, 0.5) is 0 Å². The summed E-state index contributed by atoms with van der Waals surface area (Å²) in [6.45, 7) is 3.72. The smallest absolute Gasteiger partial charge is 0.274 e. The number of para-hydroxylation sites is 1. The zero-order chi connectivity index (χ0) is 22.8.